The van der Waals surface area contributed by atoms with E-state index in [1.807, 2.05) is 74.5 Å². The van der Waals surface area contributed by atoms with Gasteiger partial charge in [-0.1, -0.05) is 54.6 Å². The first-order valence-electron chi connectivity index (χ1n) is 9.92. The lowest BCUT2D eigenvalue weighted by Gasteiger charge is -2.17. The van der Waals surface area contributed by atoms with Crippen LogP contribution in [0.4, 0.5) is 11.4 Å². The fourth-order valence-corrected chi connectivity index (χ4v) is 3.40. The summed E-state index contributed by atoms with van der Waals surface area (Å²) in [7, 11) is 0. The number of aryl methyl sites for hydroxylation is 2. The lowest BCUT2D eigenvalue weighted by Crippen LogP contribution is -2.25. The molecule has 0 saturated carbocycles. The average molecular weight is 402 g/mol. The minimum Gasteiger partial charge on any atom is -0.462 e. The summed E-state index contributed by atoms with van der Waals surface area (Å²) >= 11 is 0. The first-order valence-corrected chi connectivity index (χ1v) is 9.92. The number of anilines is 2. The Morgan fingerprint density at radius 3 is 2.20 bits per heavy atom. The normalized spacial score (nSPS) is 11.6. The van der Waals surface area contributed by atoms with Gasteiger partial charge in [-0.25, -0.2) is 4.79 Å². The lowest BCUT2D eigenvalue weighted by molar-refractivity contribution is -0.139. The van der Waals surface area contributed by atoms with E-state index in [0.29, 0.717) is 11.4 Å². The summed E-state index contributed by atoms with van der Waals surface area (Å²) in [4.78, 5) is 25.8. The molecule has 154 valence electrons. The molecule has 5 heteroatoms. The maximum absolute atomic E-state index is 13.2. The number of carbonyl (C=O) groups excluding carboxylic acids is 2. The maximum atomic E-state index is 13.2. The molecule has 30 heavy (non-hydrogen) atoms. The van der Waals surface area contributed by atoms with Gasteiger partial charge in [0.15, 0.2) is 0 Å². The summed E-state index contributed by atoms with van der Waals surface area (Å²) in [6.07, 6.45) is 0. The smallest absolute Gasteiger partial charge is 0.345 e. The van der Waals surface area contributed by atoms with Crippen LogP contribution in [0.25, 0.3) is 10.8 Å². The van der Waals surface area contributed by atoms with E-state index in [1.54, 1.807) is 13.8 Å². The van der Waals surface area contributed by atoms with Crippen molar-refractivity contribution < 1.29 is 14.3 Å². The highest BCUT2D eigenvalue weighted by molar-refractivity contribution is 6.23. The number of nitrogens with one attached hydrogen (secondary N) is 2. The van der Waals surface area contributed by atoms with Crippen molar-refractivity contribution in [2.75, 3.05) is 17.2 Å². The van der Waals surface area contributed by atoms with Gasteiger partial charge in [0.05, 0.1) is 6.61 Å². The van der Waals surface area contributed by atoms with Gasteiger partial charge in [-0.2, -0.15) is 0 Å². The Balaban J connectivity index is 1.99. The van der Waals surface area contributed by atoms with E-state index < -0.39 is 11.9 Å². The second-order valence-corrected chi connectivity index (χ2v) is 7.09. The molecule has 1 amide bonds. The van der Waals surface area contributed by atoms with Crippen molar-refractivity contribution in [3.63, 3.8) is 0 Å². The van der Waals surface area contributed by atoms with E-state index >= 15 is 0 Å². The summed E-state index contributed by atoms with van der Waals surface area (Å²) < 4.78 is 5.17. The highest BCUT2D eigenvalue weighted by atomic mass is 16.5. The summed E-state index contributed by atoms with van der Waals surface area (Å²) in [6.45, 7) is 7.55. The van der Waals surface area contributed by atoms with Crippen molar-refractivity contribution >= 4 is 34.0 Å². The third-order valence-electron chi connectivity index (χ3n) is 4.91. The minimum atomic E-state index is -0.661. The van der Waals surface area contributed by atoms with Gasteiger partial charge in [-0.05, 0) is 50.3 Å². The van der Waals surface area contributed by atoms with Gasteiger partial charge in [0.2, 0.25) is 0 Å². The van der Waals surface area contributed by atoms with Gasteiger partial charge in [0.25, 0.3) is 5.91 Å². The third-order valence-corrected chi connectivity index (χ3v) is 4.91. The molecule has 2 N–H and O–H groups in total. The molecule has 0 aliphatic rings. The number of hydrogen-bond acceptors (Lipinski definition) is 4. The van der Waals surface area contributed by atoms with Crippen LogP contribution in [0.3, 0.4) is 0 Å². The Morgan fingerprint density at radius 1 is 0.867 bits per heavy atom. The van der Waals surface area contributed by atoms with Crippen LogP contribution >= 0.6 is 0 Å². The summed E-state index contributed by atoms with van der Waals surface area (Å²) in [5.74, 6) is -1.17. The molecular formula is C25H26N2O3. The van der Waals surface area contributed by atoms with Crippen molar-refractivity contribution in [2.24, 2.45) is 0 Å². The predicted molar refractivity (Wildman–Crippen MR) is 121 cm³/mol. The van der Waals surface area contributed by atoms with Gasteiger partial charge in [-0.15, -0.1) is 0 Å². The van der Waals surface area contributed by atoms with E-state index in [4.69, 9.17) is 4.74 Å². The van der Waals surface area contributed by atoms with E-state index in [-0.39, 0.29) is 12.2 Å². The second kappa shape index (κ2) is 9.27. The highest BCUT2D eigenvalue weighted by Gasteiger charge is 2.24. The molecule has 0 aromatic heterocycles. The first kappa shape index (κ1) is 21.1. The van der Waals surface area contributed by atoms with Crippen molar-refractivity contribution in [3.8, 4) is 0 Å². The zero-order valence-electron chi connectivity index (χ0n) is 17.7. The maximum Gasteiger partial charge on any atom is 0.345 e. The lowest BCUT2D eigenvalue weighted by atomic mass is 10.1. The van der Waals surface area contributed by atoms with E-state index in [2.05, 4.69) is 10.6 Å². The molecule has 3 aromatic rings. The van der Waals surface area contributed by atoms with Crippen LogP contribution in [0.1, 0.15) is 25.0 Å². The molecule has 0 atom stereocenters. The Bertz CT molecular complexity index is 1110. The number of para-hydroxylation sites is 1. The molecule has 0 spiro atoms. The van der Waals surface area contributed by atoms with Crippen LogP contribution in [-0.4, -0.2) is 18.5 Å². The standard InChI is InChI=1S/C25H26N2O3/c1-5-30-25(29)22(18(4)26-23-16(2)10-8-11-17(23)3)24(28)27-21-15-9-13-19-12-6-7-14-20(19)21/h6-15,26H,5H2,1-4H3,(H,27,28). The quantitative estimate of drug-likeness (QED) is 0.253. The SMILES string of the molecule is CCOC(=O)C(C(=O)Nc1cccc2ccccc12)=C(C)Nc1c(C)cccc1C. The Morgan fingerprint density at radius 2 is 1.50 bits per heavy atom. The van der Waals surface area contributed by atoms with Gasteiger partial charge in [0, 0.05) is 22.5 Å². The van der Waals surface area contributed by atoms with E-state index in [1.165, 1.54) is 0 Å². The monoisotopic (exact) mass is 402 g/mol. The van der Waals surface area contributed by atoms with Crippen LogP contribution < -0.4 is 10.6 Å². The molecule has 0 heterocycles. The van der Waals surface area contributed by atoms with Gasteiger partial charge >= 0.3 is 5.97 Å². The van der Waals surface area contributed by atoms with Crippen LogP contribution in [0.2, 0.25) is 0 Å². The Hall–Kier alpha value is -3.60. The number of rotatable bonds is 6. The number of hydrogen-bond donors (Lipinski definition) is 2. The molecule has 0 saturated heterocycles. The topological polar surface area (TPSA) is 67.4 Å². The predicted octanol–water partition coefficient (Wildman–Crippen LogP) is 5.34. The molecular weight excluding hydrogens is 376 g/mol. The molecule has 0 bridgehead atoms. The molecule has 0 fully saturated rings. The van der Waals surface area contributed by atoms with Crippen molar-refractivity contribution in [2.45, 2.75) is 27.7 Å². The Labute approximate surface area is 176 Å². The number of ether oxygens (including phenoxy) is 1. The fourth-order valence-electron chi connectivity index (χ4n) is 3.40. The number of fused-ring (bicyclic) bond motifs is 1. The van der Waals surface area contributed by atoms with Crippen molar-refractivity contribution in [1.29, 1.82) is 0 Å². The molecule has 5 nitrogen and oxygen atoms in total. The van der Waals surface area contributed by atoms with Gasteiger partial charge < -0.3 is 15.4 Å². The van der Waals surface area contributed by atoms with E-state index in [0.717, 1.165) is 27.6 Å². The Kier molecular flexibility index (Phi) is 6.52. The zero-order valence-corrected chi connectivity index (χ0v) is 17.7. The number of allylic oxidation sites excluding steroid dienone is 1. The minimum absolute atomic E-state index is 0.0487. The molecule has 0 aliphatic carbocycles. The number of amides is 1. The van der Waals surface area contributed by atoms with Gasteiger partial charge in [0.1, 0.15) is 5.57 Å². The van der Waals surface area contributed by atoms with Crippen LogP contribution in [0.5, 0.6) is 0 Å². The third kappa shape index (κ3) is 4.51. The summed E-state index contributed by atoms with van der Waals surface area (Å²) in [6, 6.07) is 19.3. The molecule has 3 rings (SSSR count). The zero-order chi connectivity index (χ0) is 21.7. The summed E-state index contributed by atoms with van der Waals surface area (Å²) in [5, 5.41) is 8.02. The molecule has 0 radical (unpaired) electrons. The van der Waals surface area contributed by atoms with Crippen molar-refractivity contribution in [1.82, 2.24) is 0 Å². The molecule has 3 aromatic carbocycles. The first-order chi connectivity index (χ1) is 14.4. The molecule has 0 unspecified atom stereocenters. The van der Waals surface area contributed by atoms with Crippen LogP contribution in [-0.2, 0) is 14.3 Å². The number of esters is 1. The molecule has 0 aliphatic heterocycles. The number of benzene rings is 3. The van der Waals surface area contributed by atoms with E-state index in [9.17, 15) is 9.59 Å². The van der Waals surface area contributed by atoms with Gasteiger partial charge in [-0.3, -0.25) is 4.79 Å². The largest absolute Gasteiger partial charge is 0.462 e. The summed E-state index contributed by atoms with van der Waals surface area (Å²) in [5.41, 5.74) is 3.93. The fraction of sp³-hybridized carbons (Fsp3) is 0.200. The van der Waals surface area contributed by atoms with Crippen LogP contribution in [0, 0.1) is 13.8 Å². The second-order valence-electron chi connectivity index (χ2n) is 7.09. The highest BCUT2D eigenvalue weighted by Crippen LogP contribution is 2.25. The van der Waals surface area contributed by atoms with Crippen LogP contribution in [0.15, 0.2) is 71.9 Å². The van der Waals surface area contributed by atoms with Crippen molar-refractivity contribution in [3.05, 3.63) is 83.1 Å². The number of carbonyl (C=O) groups is 2. The average Bonchev–Trinajstić information content (AvgIpc) is 2.71.